The summed E-state index contributed by atoms with van der Waals surface area (Å²) >= 11 is 0. The molecule has 2 amide bonds. The number of nitrogens with zero attached hydrogens (tertiary/aromatic N) is 2. The Morgan fingerprint density at radius 2 is 1.39 bits per heavy atom. The second-order valence-corrected chi connectivity index (χ2v) is 13.1. The van der Waals surface area contributed by atoms with E-state index in [-0.39, 0.29) is 29.5 Å². The number of carbonyl (C=O) groups is 2. The van der Waals surface area contributed by atoms with Crippen molar-refractivity contribution in [2.45, 2.75) is 58.0 Å². The number of rotatable bonds is 15. The molecule has 9 heteroatoms. The van der Waals surface area contributed by atoms with Gasteiger partial charge in [-0.2, -0.15) is 0 Å². The topological polar surface area (TPSA) is 96.0 Å². The Labute approximate surface area is 273 Å². The minimum absolute atomic E-state index is 0.0452. The number of aryl methyl sites for hydroxylation is 2. The number of para-hydroxylation sites is 2. The van der Waals surface area contributed by atoms with Crippen LogP contribution in [0.3, 0.4) is 0 Å². The maximum Gasteiger partial charge on any atom is 0.264 e. The third-order valence-corrected chi connectivity index (χ3v) is 9.39. The summed E-state index contributed by atoms with van der Waals surface area (Å²) in [4.78, 5) is 29.9. The van der Waals surface area contributed by atoms with Crippen LogP contribution < -0.4 is 14.4 Å². The minimum atomic E-state index is -4.23. The van der Waals surface area contributed by atoms with Crippen molar-refractivity contribution in [3.63, 3.8) is 0 Å². The molecule has 4 rings (SSSR count). The summed E-state index contributed by atoms with van der Waals surface area (Å²) in [7, 11) is -4.23. The molecule has 0 fully saturated rings. The summed E-state index contributed by atoms with van der Waals surface area (Å²) in [6.45, 7) is 7.96. The van der Waals surface area contributed by atoms with Crippen LogP contribution >= 0.6 is 0 Å². The van der Waals surface area contributed by atoms with Crippen molar-refractivity contribution in [1.29, 1.82) is 0 Å². The number of benzene rings is 4. The molecule has 0 spiro atoms. The molecule has 0 aliphatic rings. The summed E-state index contributed by atoms with van der Waals surface area (Å²) < 4.78 is 35.5. The van der Waals surface area contributed by atoms with Gasteiger partial charge in [0.05, 0.1) is 17.2 Å². The van der Waals surface area contributed by atoms with Gasteiger partial charge in [0.25, 0.3) is 10.0 Å². The Morgan fingerprint density at radius 1 is 0.783 bits per heavy atom. The Morgan fingerprint density at radius 3 is 2.02 bits per heavy atom. The van der Waals surface area contributed by atoms with E-state index in [0.717, 1.165) is 33.0 Å². The zero-order valence-corrected chi connectivity index (χ0v) is 27.8. The van der Waals surface area contributed by atoms with Crippen LogP contribution in [0.2, 0.25) is 0 Å². The number of hydrogen-bond donors (Lipinski definition) is 1. The largest absolute Gasteiger partial charge is 0.492 e. The molecule has 0 aromatic heterocycles. The predicted octanol–water partition coefficient (Wildman–Crippen LogP) is 6.06. The molecule has 1 unspecified atom stereocenters. The minimum Gasteiger partial charge on any atom is -0.492 e. The van der Waals surface area contributed by atoms with Gasteiger partial charge in [0.2, 0.25) is 11.8 Å². The third kappa shape index (κ3) is 8.75. The maximum absolute atomic E-state index is 14.6. The van der Waals surface area contributed by atoms with Gasteiger partial charge in [-0.15, -0.1) is 0 Å². The van der Waals surface area contributed by atoms with Gasteiger partial charge in [-0.3, -0.25) is 13.9 Å². The number of anilines is 1. The average molecular weight is 642 g/mol. The van der Waals surface area contributed by atoms with Crippen molar-refractivity contribution in [1.82, 2.24) is 10.2 Å². The third-order valence-electron chi connectivity index (χ3n) is 7.62. The predicted molar refractivity (Wildman–Crippen MR) is 182 cm³/mol. The van der Waals surface area contributed by atoms with Gasteiger partial charge >= 0.3 is 0 Å². The van der Waals surface area contributed by atoms with E-state index in [9.17, 15) is 18.0 Å². The number of sulfonamides is 1. The monoisotopic (exact) mass is 641 g/mol. The smallest absolute Gasteiger partial charge is 0.264 e. The Bertz CT molecular complexity index is 1690. The highest BCUT2D eigenvalue weighted by Gasteiger charge is 2.35. The molecule has 0 saturated heterocycles. The van der Waals surface area contributed by atoms with Crippen molar-refractivity contribution in [3.8, 4) is 5.75 Å². The van der Waals surface area contributed by atoms with Crippen LogP contribution in [0.1, 0.15) is 42.5 Å². The van der Waals surface area contributed by atoms with E-state index in [1.54, 1.807) is 36.4 Å². The maximum atomic E-state index is 14.6. The molecule has 4 aromatic rings. The van der Waals surface area contributed by atoms with Gasteiger partial charge in [0.15, 0.2) is 0 Å². The first kappa shape index (κ1) is 34.2. The van der Waals surface area contributed by atoms with Crippen LogP contribution in [0, 0.1) is 13.8 Å². The van der Waals surface area contributed by atoms with Crippen molar-refractivity contribution in [2.24, 2.45) is 0 Å². The number of amides is 2. The normalized spacial score (nSPS) is 11.8. The van der Waals surface area contributed by atoms with Crippen molar-refractivity contribution in [2.75, 3.05) is 24.0 Å². The molecule has 242 valence electrons. The first-order chi connectivity index (χ1) is 22.1. The summed E-state index contributed by atoms with van der Waals surface area (Å²) in [5.74, 6) is -0.482. The molecule has 8 nitrogen and oxygen atoms in total. The average Bonchev–Trinajstić information content (AvgIpc) is 3.06. The van der Waals surface area contributed by atoms with E-state index in [1.165, 1.54) is 17.0 Å². The van der Waals surface area contributed by atoms with E-state index >= 15 is 0 Å². The van der Waals surface area contributed by atoms with Crippen LogP contribution in [0.5, 0.6) is 5.75 Å². The Hall–Kier alpha value is -4.63. The van der Waals surface area contributed by atoms with Crippen LogP contribution in [-0.4, -0.2) is 50.9 Å². The van der Waals surface area contributed by atoms with E-state index in [0.29, 0.717) is 18.9 Å². The Balaban J connectivity index is 1.82. The van der Waals surface area contributed by atoms with Crippen LogP contribution in [0.25, 0.3) is 0 Å². The molecular weight excluding hydrogens is 598 g/mol. The molecule has 4 aromatic carbocycles. The van der Waals surface area contributed by atoms with Crippen LogP contribution in [0.4, 0.5) is 5.69 Å². The zero-order valence-electron chi connectivity index (χ0n) is 27.0. The van der Waals surface area contributed by atoms with E-state index in [2.05, 4.69) is 5.32 Å². The lowest BCUT2D eigenvalue weighted by molar-refractivity contribution is -0.140. The van der Waals surface area contributed by atoms with E-state index < -0.39 is 28.5 Å². The second kappa shape index (κ2) is 16.1. The molecule has 46 heavy (non-hydrogen) atoms. The van der Waals surface area contributed by atoms with Gasteiger partial charge in [-0.1, -0.05) is 96.9 Å². The van der Waals surface area contributed by atoms with Crippen molar-refractivity contribution >= 4 is 27.5 Å². The highest BCUT2D eigenvalue weighted by Crippen LogP contribution is 2.33. The molecule has 1 N–H and O–H groups in total. The summed E-state index contributed by atoms with van der Waals surface area (Å²) in [5.41, 5.74) is 3.91. The first-order valence-corrected chi connectivity index (χ1v) is 17.1. The zero-order chi connectivity index (χ0) is 33.1. The summed E-state index contributed by atoms with van der Waals surface area (Å²) in [6.07, 6.45) is 0.987. The Kier molecular flexibility index (Phi) is 12.0. The fraction of sp³-hybridized carbons (Fsp3) is 0.297. The van der Waals surface area contributed by atoms with Crippen LogP contribution in [0.15, 0.2) is 108 Å². The second-order valence-electron chi connectivity index (χ2n) is 11.2. The molecule has 0 aliphatic heterocycles. The molecule has 0 aliphatic carbocycles. The number of hydrogen-bond acceptors (Lipinski definition) is 5. The summed E-state index contributed by atoms with van der Waals surface area (Å²) in [6, 6.07) is 29.7. The molecule has 0 radical (unpaired) electrons. The van der Waals surface area contributed by atoms with Gasteiger partial charge in [0, 0.05) is 19.5 Å². The van der Waals surface area contributed by atoms with Crippen molar-refractivity contribution < 1.29 is 22.7 Å². The number of ether oxygens (including phenoxy) is 1. The van der Waals surface area contributed by atoms with Crippen molar-refractivity contribution in [3.05, 3.63) is 125 Å². The fourth-order valence-electron chi connectivity index (χ4n) is 5.10. The molecule has 0 saturated carbocycles. The van der Waals surface area contributed by atoms with Crippen LogP contribution in [-0.2, 0) is 32.6 Å². The standard InChI is InChI=1S/C37H43N3O5S/c1-5-24-38-37(42)34(25-30-12-8-7-9-13-30)39(26-31-20-16-28(3)17-21-31)36(41)27-40(33-14-10-11-15-35(33)45-6-2)46(43,44)32-22-18-29(4)19-23-32/h7-23,34H,5-6,24-27H2,1-4H3,(H,38,42). The lowest BCUT2D eigenvalue weighted by Gasteiger charge is -2.34. The molecule has 0 bridgehead atoms. The molecule has 1 atom stereocenters. The van der Waals surface area contributed by atoms with E-state index in [4.69, 9.17) is 4.74 Å². The fourth-order valence-corrected chi connectivity index (χ4v) is 6.53. The van der Waals surface area contributed by atoms with Gasteiger partial charge in [0.1, 0.15) is 18.3 Å². The lowest BCUT2D eigenvalue weighted by Crippen LogP contribution is -2.53. The highest BCUT2D eigenvalue weighted by molar-refractivity contribution is 7.92. The SMILES string of the molecule is CCCNC(=O)C(Cc1ccccc1)N(Cc1ccc(C)cc1)C(=O)CN(c1ccccc1OCC)S(=O)(=O)c1ccc(C)cc1. The summed E-state index contributed by atoms with van der Waals surface area (Å²) in [5, 5.41) is 2.97. The van der Waals surface area contributed by atoms with Gasteiger partial charge < -0.3 is 15.0 Å². The molecular formula is C37H43N3O5S. The number of nitrogens with one attached hydrogen (secondary N) is 1. The van der Waals surface area contributed by atoms with Gasteiger partial charge in [-0.05, 0) is 62.6 Å². The highest BCUT2D eigenvalue weighted by atomic mass is 32.2. The lowest BCUT2D eigenvalue weighted by atomic mass is 10.0. The number of carbonyl (C=O) groups excluding carboxylic acids is 2. The molecule has 0 heterocycles. The first-order valence-electron chi connectivity index (χ1n) is 15.6. The van der Waals surface area contributed by atoms with E-state index in [1.807, 2.05) is 82.3 Å². The van der Waals surface area contributed by atoms with Gasteiger partial charge in [-0.25, -0.2) is 8.42 Å². The quantitative estimate of drug-likeness (QED) is 0.170.